The standard InChI is InChI=1S/C26H28N4O2/c31-25(29-11-1-2-12-29)18-5-8-20-17(14-18)7-10-24-21(20)4-3-13-30(24)26(32)19-6-9-22-23(15-19)28-16-27-22/h5-6,8-9,14-16,21,24H,1-4,7,10-13H2,(H,27,28)/t21-,24+/m1/s1. The molecule has 6 nitrogen and oxygen atoms in total. The molecule has 1 N–H and O–H groups in total. The van der Waals surface area contributed by atoms with Gasteiger partial charge in [-0.25, -0.2) is 4.98 Å². The van der Waals surface area contributed by atoms with Crippen molar-refractivity contribution in [2.75, 3.05) is 19.6 Å². The number of hydrogen-bond donors (Lipinski definition) is 1. The number of imidazole rings is 1. The lowest BCUT2D eigenvalue weighted by molar-refractivity contribution is 0.0547. The molecule has 164 valence electrons. The molecule has 2 saturated heterocycles. The fourth-order valence-corrected chi connectivity index (χ4v) is 5.99. The lowest BCUT2D eigenvalue weighted by Crippen LogP contribution is -2.49. The molecule has 0 spiro atoms. The van der Waals surface area contributed by atoms with E-state index in [0.29, 0.717) is 5.92 Å². The number of nitrogens with one attached hydrogen (secondary N) is 1. The van der Waals surface area contributed by atoms with Gasteiger partial charge >= 0.3 is 0 Å². The van der Waals surface area contributed by atoms with E-state index >= 15 is 0 Å². The summed E-state index contributed by atoms with van der Waals surface area (Å²) in [5, 5.41) is 0. The van der Waals surface area contributed by atoms with E-state index in [1.54, 1.807) is 6.33 Å². The van der Waals surface area contributed by atoms with Crippen LogP contribution in [0.15, 0.2) is 42.7 Å². The Hall–Kier alpha value is -3.15. The Balaban J connectivity index is 1.26. The summed E-state index contributed by atoms with van der Waals surface area (Å²) < 4.78 is 0. The molecular weight excluding hydrogens is 400 g/mol. The lowest BCUT2D eigenvalue weighted by atomic mass is 9.73. The molecule has 0 unspecified atom stereocenters. The molecule has 2 aromatic carbocycles. The number of amides is 2. The minimum Gasteiger partial charge on any atom is -0.345 e. The zero-order valence-electron chi connectivity index (χ0n) is 18.2. The predicted octanol–water partition coefficient (Wildman–Crippen LogP) is 4.13. The van der Waals surface area contributed by atoms with E-state index in [1.165, 1.54) is 11.1 Å². The third kappa shape index (κ3) is 3.20. The molecule has 2 atom stereocenters. The normalized spacial score (nSPS) is 22.6. The van der Waals surface area contributed by atoms with Gasteiger partial charge in [0.15, 0.2) is 0 Å². The van der Waals surface area contributed by atoms with Gasteiger partial charge in [0.1, 0.15) is 0 Å². The van der Waals surface area contributed by atoms with E-state index in [1.807, 2.05) is 29.2 Å². The van der Waals surface area contributed by atoms with Crippen LogP contribution in [0.4, 0.5) is 0 Å². The topological polar surface area (TPSA) is 69.3 Å². The van der Waals surface area contributed by atoms with Crippen molar-refractivity contribution in [2.45, 2.75) is 50.5 Å². The molecule has 2 aliphatic heterocycles. The number of aryl methyl sites for hydroxylation is 1. The SMILES string of the molecule is O=C(c1ccc2c(c1)CC[C@H]1[C@@H]2CCCN1C(=O)c1ccc2nc[nH]c2c1)N1CCCC1. The number of rotatable bonds is 2. The van der Waals surface area contributed by atoms with Gasteiger partial charge < -0.3 is 14.8 Å². The largest absolute Gasteiger partial charge is 0.345 e. The zero-order valence-corrected chi connectivity index (χ0v) is 18.2. The van der Waals surface area contributed by atoms with Gasteiger partial charge in [-0.05, 0) is 80.0 Å². The molecule has 1 aromatic heterocycles. The van der Waals surface area contributed by atoms with E-state index < -0.39 is 0 Å². The molecule has 2 amide bonds. The van der Waals surface area contributed by atoms with E-state index in [4.69, 9.17) is 0 Å². The van der Waals surface area contributed by atoms with Crippen LogP contribution in [0.25, 0.3) is 11.0 Å². The smallest absolute Gasteiger partial charge is 0.254 e. The summed E-state index contributed by atoms with van der Waals surface area (Å²) in [6.45, 7) is 2.56. The summed E-state index contributed by atoms with van der Waals surface area (Å²) in [6.07, 6.45) is 7.86. The molecule has 3 aromatic rings. The molecule has 6 heteroatoms. The molecule has 6 rings (SSSR count). The zero-order chi connectivity index (χ0) is 21.7. The molecule has 3 aliphatic rings. The van der Waals surface area contributed by atoms with Crippen LogP contribution < -0.4 is 0 Å². The third-order valence-electron chi connectivity index (χ3n) is 7.60. The summed E-state index contributed by atoms with van der Waals surface area (Å²) in [7, 11) is 0. The number of likely N-dealkylation sites (tertiary alicyclic amines) is 2. The Morgan fingerprint density at radius 1 is 0.906 bits per heavy atom. The van der Waals surface area contributed by atoms with E-state index in [2.05, 4.69) is 27.0 Å². The first-order chi connectivity index (χ1) is 15.7. The first-order valence-electron chi connectivity index (χ1n) is 11.9. The van der Waals surface area contributed by atoms with E-state index in [-0.39, 0.29) is 17.9 Å². The quantitative estimate of drug-likeness (QED) is 0.667. The predicted molar refractivity (Wildman–Crippen MR) is 123 cm³/mol. The van der Waals surface area contributed by atoms with Crippen LogP contribution in [0.3, 0.4) is 0 Å². The summed E-state index contributed by atoms with van der Waals surface area (Å²) in [5.74, 6) is 0.630. The number of piperidine rings is 1. The van der Waals surface area contributed by atoms with Crippen LogP contribution in [0, 0.1) is 0 Å². The maximum Gasteiger partial charge on any atom is 0.254 e. The van der Waals surface area contributed by atoms with E-state index in [9.17, 15) is 9.59 Å². The van der Waals surface area contributed by atoms with Crippen molar-refractivity contribution in [3.63, 3.8) is 0 Å². The average Bonchev–Trinajstić information content (AvgIpc) is 3.54. The number of benzene rings is 2. The van der Waals surface area contributed by atoms with Crippen molar-refractivity contribution in [2.24, 2.45) is 0 Å². The highest BCUT2D eigenvalue weighted by molar-refractivity contribution is 5.98. The van der Waals surface area contributed by atoms with Gasteiger partial charge in [-0.1, -0.05) is 6.07 Å². The number of carbonyl (C=O) groups excluding carboxylic acids is 2. The van der Waals surface area contributed by atoms with Crippen molar-refractivity contribution >= 4 is 22.8 Å². The van der Waals surface area contributed by atoms with Crippen LogP contribution in [0.1, 0.15) is 69.9 Å². The van der Waals surface area contributed by atoms with Gasteiger partial charge in [-0.15, -0.1) is 0 Å². The van der Waals surface area contributed by atoms with Crippen LogP contribution >= 0.6 is 0 Å². The van der Waals surface area contributed by atoms with Gasteiger partial charge in [0.05, 0.1) is 17.4 Å². The third-order valence-corrected chi connectivity index (χ3v) is 7.60. The van der Waals surface area contributed by atoms with Crippen LogP contribution in [-0.4, -0.2) is 57.3 Å². The molecular formula is C26H28N4O2. The van der Waals surface area contributed by atoms with Crippen molar-refractivity contribution in [3.8, 4) is 0 Å². The summed E-state index contributed by atoms with van der Waals surface area (Å²) in [5.41, 5.74) is 5.95. The van der Waals surface area contributed by atoms with Gasteiger partial charge in [-0.2, -0.15) is 0 Å². The van der Waals surface area contributed by atoms with E-state index in [0.717, 1.165) is 80.3 Å². The van der Waals surface area contributed by atoms with Crippen LogP contribution in [0.2, 0.25) is 0 Å². The van der Waals surface area contributed by atoms with Crippen molar-refractivity contribution in [1.29, 1.82) is 0 Å². The molecule has 0 bridgehead atoms. The number of aromatic amines is 1. The number of aromatic nitrogens is 2. The Morgan fingerprint density at radius 3 is 2.59 bits per heavy atom. The number of fused-ring (bicyclic) bond motifs is 4. The highest BCUT2D eigenvalue weighted by Gasteiger charge is 2.39. The van der Waals surface area contributed by atoms with Gasteiger partial charge in [0.2, 0.25) is 0 Å². The van der Waals surface area contributed by atoms with Gasteiger partial charge in [0.25, 0.3) is 11.8 Å². The van der Waals surface area contributed by atoms with Crippen molar-refractivity contribution in [3.05, 3.63) is 65.0 Å². The van der Waals surface area contributed by atoms with Crippen LogP contribution in [-0.2, 0) is 6.42 Å². The Labute approximate surface area is 187 Å². The maximum absolute atomic E-state index is 13.5. The molecule has 3 heterocycles. The highest BCUT2D eigenvalue weighted by atomic mass is 16.2. The number of H-pyrrole nitrogens is 1. The maximum atomic E-state index is 13.5. The first kappa shape index (κ1) is 19.5. The van der Waals surface area contributed by atoms with Gasteiger partial charge in [-0.3, -0.25) is 9.59 Å². The fraction of sp³-hybridized carbons (Fsp3) is 0.423. The minimum absolute atomic E-state index is 0.112. The summed E-state index contributed by atoms with van der Waals surface area (Å²) in [6, 6.07) is 12.2. The monoisotopic (exact) mass is 428 g/mol. The number of carbonyl (C=O) groups is 2. The summed E-state index contributed by atoms with van der Waals surface area (Å²) >= 11 is 0. The first-order valence-corrected chi connectivity index (χ1v) is 11.9. The molecule has 0 saturated carbocycles. The van der Waals surface area contributed by atoms with Crippen molar-refractivity contribution in [1.82, 2.24) is 19.8 Å². The minimum atomic E-state index is 0.112. The molecule has 0 radical (unpaired) electrons. The van der Waals surface area contributed by atoms with Crippen LogP contribution in [0.5, 0.6) is 0 Å². The molecule has 32 heavy (non-hydrogen) atoms. The average molecular weight is 429 g/mol. The number of nitrogens with zero attached hydrogens (tertiary/aromatic N) is 3. The highest BCUT2D eigenvalue weighted by Crippen LogP contribution is 2.41. The van der Waals surface area contributed by atoms with Crippen molar-refractivity contribution < 1.29 is 9.59 Å². The Bertz CT molecular complexity index is 1190. The Morgan fingerprint density at radius 2 is 1.72 bits per heavy atom. The summed E-state index contributed by atoms with van der Waals surface area (Å²) in [4.78, 5) is 37.8. The molecule has 1 aliphatic carbocycles. The lowest BCUT2D eigenvalue weighted by Gasteiger charge is -2.45. The fourth-order valence-electron chi connectivity index (χ4n) is 5.99. The Kier molecular flexibility index (Phi) is 4.74. The second-order valence-corrected chi connectivity index (χ2v) is 9.40. The number of hydrogen-bond acceptors (Lipinski definition) is 3. The van der Waals surface area contributed by atoms with Gasteiger partial charge in [0, 0.05) is 42.7 Å². The molecule has 2 fully saturated rings. The second-order valence-electron chi connectivity index (χ2n) is 9.40. The second kappa shape index (κ2) is 7.76.